The first-order chi connectivity index (χ1) is 10.8. The monoisotopic (exact) mass is 313 g/mol. The molecule has 5 heteroatoms. The highest BCUT2D eigenvalue weighted by atomic mass is 15.1. The van der Waals surface area contributed by atoms with Gasteiger partial charge in [0.05, 0.1) is 5.69 Å². The Labute approximate surface area is 138 Å². The van der Waals surface area contributed by atoms with E-state index in [2.05, 4.69) is 70.9 Å². The third-order valence-electron chi connectivity index (χ3n) is 4.61. The topological polar surface area (TPSA) is 55.6 Å². The lowest BCUT2D eigenvalue weighted by atomic mass is 9.75. The number of hydrogen-bond donors (Lipinski definition) is 1. The number of hydrogen-bond acceptors (Lipinski definition) is 4. The van der Waals surface area contributed by atoms with Gasteiger partial charge >= 0.3 is 0 Å². The van der Waals surface area contributed by atoms with E-state index in [1.165, 1.54) is 19.3 Å². The molecule has 0 atom stereocenters. The number of nitrogens with one attached hydrogen (secondary N) is 1. The van der Waals surface area contributed by atoms with Crippen LogP contribution in [0.1, 0.15) is 47.0 Å². The molecule has 2 aromatic heterocycles. The van der Waals surface area contributed by atoms with Crippen molar-refractivity contribution < 1.29 is 0 Å². The molecule has 0 aromatic carbocycles. The summed E-state index contributed by atoms with van der Waals surface area (Å²) >= 11 is 0. The van der Waals surface area contributed by atoms with Crippen LogP contribution in [-0.4, -0.2) is 30.6 Å². The van der Waals surface area contributed by atoms with Gasteiger partial charge in [0.2, 0.25) is 0 Å². The van der Waals surface area contributed by atoms with Gasteiger partial charge < -0.3 is 9.88 Å². The second kappa shape index (κ2) is 6.04. The maximum Gasteiger partial charge on any atom is 0.179 e. The Kier molecular flexibility index (Phi) is 4.23. The minimum atomic E-state index is 0.208. The summed E-state index contributed by atoms with van der Waals surface area (Å²) in [6.45, 7) is 10.3. The van der Waals surface area contributed by atoms with Crippen molar-refractivity contribution in [3.05, 3.63) is 31.0 Å². The van der Waals surface area contributed by atoms with E-state index >= 15 is 0 Å². The summed E-state index contributed by atoms with van der Waals surface area (Å²) in [6, 6.07) is 4.14. The average molecular weight is 313 g/mol. The predicted octanol–water partition coefficient (Wildman–Crippen LogP) is 3.29. The zero-order valence-corrected chi connectivity index (χ0v) is 14.6. The van der Waals surface area contributed by atoms with Crippen molar-refractivity contribution in [2.45, 2.75) is 64.6 Å². The summed E-state index contributed by atoms with van der Waals surface area (Å²) in [7, 11) is 0. The Hall–Kier alpha value is -1.75. The number of aryl methyl sites for hydroxylation is 1. The van der Waals surface area contributed by atoms with Crippen molar-refractivity contribution in [1.82, 2.24) is 24.8 Å². The van der Waals surface area contributed by atoms with Crippen LogP contribution < -0.4 is 5.32 Å². The van der Waals surface area contributed by atoms with Gasteiger partial charge in [0.1, 0.15) is 12.7 Å². The van der Waals surface area contributed by atoms with Crippen molar-refractivity contribution in [1.29, 1.82) is 0 Å². The molecule has 3 rings (SSSR count). The van der Waals surface area contributed by atoms with E-state index in [-0.39, 0.29) is 11.1 Å². The zero-order chi connectivity index (χ0) is 16.5. The number of rotatable bonds is 4. The molecule has 1 saturated heterocycles. The molecule has 124 valence electrons. The van der Waals surface area contributed by atoms with Crippen LogP contribution >= 0.6 is 0 Å². The summed E-state index contributed by atoms with van der Waals surface area (Å²) in [5.41, 5.74) is 1.49. The van der Waals surface area contributed by atoms with Crippen LogP contribution in [0.4, 0.5) is 0 Å². The minimum absolute atomic E-state index is 0.208. The molecule has 0 bridgehead atoms. The van der Waals surface area contributed by atoms with Gasteiger partial charge in [-0.25, -0.2) is 15.0 Å². The van der Waals surface area contributed by atoms with Crippen molar-refractivity contribution in [3.63, 3.8) is 0 Å². The Bertz CT molecular complexity index is 628. The standard InChI is InChI=1S/C18H27N5/c1-17(2)10-14(11-18(3,4)22-17)7-9-23-8-5-6-15(23)16-20-12-19-13-21-16/h5-6,8,12-14,22H,7,9-11H2,1-4H3. The van der Waals surface area contributed by atoms with Crippen LogP contribution in [0.5, 0.6) is 0 Å². The molecule has 1 aliphatic heterocycles. The van der Waals surface area contributed by atoms with E-state index in [9.17, 15) is 0 Å². The maximum absolute atomic E-state index is 4.27. The smallest absolute Gasteiger partial charge is 0.179 e. The van der Waals surface area contributed by atoms with E-state index in [0.29, 0.717) is 0 Å². The molecule has 3 heterocycles. The first-order valence-electron chi connectivity index (χ1n) is 8.42. The van der Waals surface area contributed by atoms with Gasteiger partial charge in [0.25, 0.3) is 0 Å². The highest BCUT2D eigenvalue weighted by Gasteiger charge is 2.37. The molecule has 2 aromatic rings. The van der Waals surface area contributed by atoms with Crippen LogP contribution in [0.2, 0.25) is 0 Å². The normalized spacial score (nSPS) is 20.5. The molecule has 23 heavy (non-hydrogen) atoms. The maximum atomic E-state index is 4.27. The average Bonchev–Trinajstić information content (AvgIpc) is 2.91. The van der Waals surface area contributed by atoms with Crippen molar-refractivity contribution in [2.24, 2.45) is 5.92 Å². The van der Waals surface area contributed by atoms with Gasteiger partial charge in [0, 0.05) is 23.8 Å². The van der Waals surface area contributed by atoms with Gasteiger partial charge in [-0.05, 0) is 65.0 Å². The third-order valence-corrected chi connectivity index (χ3v) is 4.61. The molecular weight excluding hydrogens is 286 g/mol. The SMILES string of the molecule is CC1(C)CC(CCn2cccc2-c2ncncn2)CC(C)(C)N1. The zero-order valence-electron chi connectivity index (χ0n) is 14.6. The highest BCUT2D eigenvalue weighted by Crippen LogP contribution is 2.35. The van der Waals surface area contributed by atoms with E-state index in [4.69, 9.17) is 0 Å². The van der Waals surface area contributed by atoms with E-state index in [1.807, 2.05) is 0 Å². The molecule has 1 N–H and O–H groups in total. The summed E-state index contributed by atoms with van der Waals surface area (Å²) in [4.78, 5) is 12.4. The number of piperidine rings is 1. The fourth-order valence-electron chi connectivity index (χ4n) is 4.24. The van der Waals surface area contributed by atoms with Crippen LogP contribution in [0.3, 0.4) is 0 Å². The lowest BCUT2D eigenvalue weighted by molar-refractivity contribution is 0.121. The first kappa shape index (κ1) is 16.1. The van der Waals surface area contributed by atoms with E-state index < -0.39 is 0 Å². The van der Waals surface area contributed by atoms with Gasteiger partial charge in [0.15, 0.2) is 5.82 Å². The number of aromatic nitrogens is 4. The van der Waals surface area contributed by atoms with Crippen LogP contribution in [0.15, 0.2) is 31.0 Å². The lowest BCUT2D eigenvalue weighted by Gasteiger charge is -2.46. The lowest BCUT2D eigenvalue weighted by Crippen LogP contribution is -2.57. The summed E-state index contributed by atoms with van der Waals surface area (Å²) < 4.78 is 2.26. The summed E-state index contributed by atoms with van der Waals surface area (Å²) in [5.74, 6) is 1.48. The van der Waals surface area contributed by atoms with Crippen LogP contribution in [0, 0.1) is 5.92 Å². The quantitative estimate of drug-likeness (QED) is 0.941. The fourth-order valence-corrected chi connectivity index (χ4v) is 4.24. The molecule has 1 fully saturated rings. The highest BCUT2D eigenvalue weighted by molar-refractivity contribution is 5.49. The largest absolute Gasteiger partial charge is 0.345 e. The molecule has 0 saturated carbocycles. The Morgan fingerprint density at radius 2 is 1.78 bits per heavy atom. The Balaban J connectivity index is 1.69. The summed E-state index contributed by atoms with van der Waals surface area (Å²) in [5, 5.41) is 3.76. The second-order valence-electron chi connectivity index (χ2n) is 8.00. The molecule has 0 aliphatic carbocycles. The Morgan fingerprint density at radius 3 is 2.43 bits per heavy atom. The first-order valence-corrected chi connectivity index (χ1v) is 8.42. The number of nitrogens with zero attached hydrogens (tertiary/aromatic N) is 4. The fraction of sp³-hybridized carbons (Fsp3) is 0.611. The predicted molar refractivity (Wildman–Crippen MR) is 91.9 cm³/mol. The molecule has 0 unspecified atom stereocenters. The van der Waals surface area contributed by atoms with E-state index in [1.54, 1.807) is 12.7 Å². The molecular formula is C18H27N5. The van der Waals surface area contributed by atoms with Crippen molar-refractivity contribution >= 4 is 0 Å². The molecule has 5 nitrogen and oxygen atoms in total. The van der Waals surface area contributed by atoms with Crippen molar-refractivity contribution in [3.8, 4) is 11.5 Å². The minimum Gasteiger partial charge on any atom is -0.345 e. The third kappa shape index (κ3) is 3.96. The van der Waals surface area contributed by atoms with Crippen LogP contribution in [0.25, 0.3) is 11.5 Å². The van der Waals surface area contributed by atoms with Gasteiger partial charge in [-0.1, -0.05) is 0 Å². The van der Waals surface area contributed by atoms with Gasteiger partial charge in [-0.3, -0.25) is 0 Å². The van der Waals surface area contributed by atoms with Gasteiger partial charge in [-0.2, -0.15) is 0 Å². The Morgan fingerprint density at radius 1 is 1.13 bits per heavy atom. The second-order valence-corrected chi connectivity index (χ2v) is 8.00. The van der Waals surface area contributed by atoms with Gasteiger partial charge in [-0.15, -0.1) is 0 Å². The van der Waals surface area contributed by atoms with Crippen LogP contribution in [-0.2, 0) is 6.54 Å². The molecule has 0 radical (unpaired) electrons. The molecule has 1 aliphatic rings. The molecule has 0 amide bonds. The molecule has 0 spiro atoms. The van der Waals surface area contributed by atoms with E-state index in [0.717, 1.165) is 24.0 Å². The van der Waals surface area contributed by atoms with Crippen molar-refractivity contribution in [2.75, 3.05) is 0 Å². The summed E-state index contributed by atoms with van der Waals surface area (Å²) in [6.07, 6.45) is 8.85.